The van der Waals surface area contributed by atoms with Gasteiger partial charge in [-0.1, -0.05) is 12.1 Å². The van der Waals surface area contributed by atoms with Crippen molar-refractivity contribution in [2.75, 3.05) is 34.3 Å². The Hall–Kier alpha value is -2.08. The maximum atomic E-state index is 13.0. The van der Waals surface area contributed by atoms with Crippen molar-refractivity contribution < 1.29 is 14.3 Å². The van der Waals surface area contributed by atoms with Gasteiger partial charge in [0.2, 0.25) is 11.8 Å². The van der Waals surface area contributed by atoms with Crippen molar-refractivity contribution in [1.82, 2.24) is 15.1 Å². The molecule has 6 nitrogen and oxygen atoms in total. The van der Waals surface area contributed by atoms with Gasteiger partial charge in [0.05, 0.1) is 19.1 Å². The second-order valence-electron chi connectivity index (χ2n) is 6.63. The van der Waals surface area contributed by atoms with E-state index in [1.165, 1.54) is 0 Å². The van der Waals surface area contributed by atoms with Crippen molar-refractivity contribution in [2.24, 2.45) is 5.92 Å². The van der Waals surface area contributed by atoms with Crippen molar-refractivity contribution in [1.29, 1.82) is 0 Å². The van der Waals surface area contributed by atoms with Crippen LogP contribution >= 0.6 is 0 Å². The van der Waals surface area contributed by atoms with E-state index < -0.39 is 0 Å². The molecular formula is C18H25N3O3. The zero-order valence-electron chi connectivity index (χ0n) is 14.5. The van der Waals surface area contributed by atoms with Crippen LogP contribution in [0.15, 0.2) is 24.3 Å². The third-order valence-electron chi connectivity index (χ3n) is 5.29. The summed E-state index contributed by atoms with van der Waals surface area (Å²) in [5.74, 6) is 0.513. The third-order valence-corrected chi connectivity index (χ3v) is 5.29. The van der Waals surface area contributed by atoms with Gasteiger partial charge in [-0.15, -0.1) is 0 Å². The molecule has 0 spiro atoms. The Kier molecular flexibility index (Phi) is 4.76. The minimum atomic E-state index is -0.332. The van der Waals surface area contributed by atoms with Crippen LogP contribution in [-0.4, -0.2) is 62.0 Å². The monoisotopic (exact) mass is 331 g/mol. The van der Waals surface area contributed by atoms with Gasteiger partial charge in [-0.2, -0.15) is 0 Å². The number of likely N-dealkylation sites (tertiary alicyclic amines) is 1. The molecule has 0 aromatic heterocycles. The standard InChI is InChI=1S/C18H25N3O3/c1-20(13-8-9-19-11-13)18(23)15-10-16(22)21(2)17(15)12-4-6-14(24-3)7-5-12/h4-7,13,15,17,19H,8-11H2,1-3H3/t13-,15+,17-/m1/s1. The predicted molar refractivity (Wildman–Crippen MR) is 90.7 cm³/mol. The van der Waals surface area contributed by atoms with E-state index in [1.807, 2.05) is 36.2 Å². The number of nitrogens with zero attached hydrogens (tertiary/aromatic N) is 2. The van der Waals surface area contributed by atoms with E-state index in [4.69, 9.17) is 4.74 Å². The second-order valence-corrected chi connectivity index (χ2v) is 6.63. The number of methoxy groups -OCH3 is 1. The van der Waals surface area contributed by atoms with Gasteiger partial charge in [0.1, 0.15) is 5.75 Å². The van der Waals surface area contributed by atoms with Crippen LogP contribution in [-0.2, 0) is 9.59 Å². The molecule has 2 amide bonds. The van der Waals surface area contributed by atoms with E-state index >= 15 is 0 Å². The lowest BCUT2D eigenvalue weighted by molar-refractivity contribution is -0.137. The van der Waals surface area contributed by atoms with Crippen LogP contribution in [0, 0.1) is 5.92 Å². The number of hydrogen-bond acceptors (Lipinski definition) is 4. The van der Waals surface area contributed by atoms with Gasteiger partial charge >= 0.3 is 0 Å². The van der Waals surface area contributed by atoms with E-state index in [2.05, 4.69) is 5.32 Å². The Labute approximate surface area is 142 Å². The maximum Gasteiger partial charge on any atom is 0.228 e. The highest BCUT2D eigenvalue weighted by atomic mass is 16.5. The Morgan fingerprint density at radius 2 is 2.04 bits per heavy atom. The Bertz CT molecular complexity index is 610. The molecule has 0 bridgehead atoms. The molecular weight excluding hydrogens is 306 g/mol. The van der Waals surface area contributed by atoms with Crippen molar-refractivity contribution >= 4 is 11.8 Å². The fourth-order valence-corrected chi connectivity index (χ4v) is 3.76. The maximum absolute atomic E-state index is 13.0. The molecule has 0 unspecified atom stereocenters. The molecule has 2 heterocycles. The summed E-state index contributed by atoms with van der Waals surface area (Å²) in [7, 11) is 5.26. The summed E-state index contributed by atoms with van der Waals surface area (Å²) in [5.41, 5.74) is 0.973. The summed E-state index contributed by atoms with van der Waals surface area (Å²) in [6.07, 6.45) is 1.24. The number of rotatable bonds is 4. The molecule has 0 aliphatic carbocycles. The van der Waals surface area contributed by atoms with Crippen LogP contribution in [0.25, 0.3) is 0 Å². The zero-order chi connectivity index (χ0) is 17.3. The quantitative estimate of drug-likeness (QED) is 0.895. The van der Waals surface area contributed by atoms with E-state index in [-0.39, 0.29) is 36.2 Å². The molecule has 130 valence electrons. The SMILES string of the molecule is COc1ccc([C@@H]2[C@@H](C(=O)N(C)[C@@H]3CCNC3)CC(=O)N2C)cc1. The van der Waals surface area contributed by atoms with Crippen LogP contribution in [0.3, 0.4) is 0 Å². The molecule has 1 aromatic rings. The first kappa shape index (κ1) is 16.8. The van der Waals surface area contributed by atoms with Gasteiger partial charge in [0.15, 0.2) is 0 Å². The summed E-state index contributed by atoms with van der Waals surface area (Å²) in [4.78, 5) is 28.8. The molecule has 1 N–H and O–H groups in total. The molecule has 24 heavy (non-hydrogen) atoms. The molecule has 2 fully saturated rings. The number of amides is 2. The molecule has 0 radical (unpaired) electrons. The Morgan fingerprint density at radius 1 is 1.33 bits per heavy atom. The highest BCUT2D eigenvalue weighted by Gasteiger charge is 2.44. The topological polar surface area (TPSA) is 61.9 Å². The lowest BCUT2D eigenvalue weighted by Gasteiger charge is -2.30. The number of carbonyl (C=O) groups is 2. The lowest BCUT2D eigenvalue weighted by atomic mass is 9.92. The van der Waals surface area contributed by atoms with E-state index in [0.717, 1.165) is 30.8 Å². The van der Waals surface area contributed by atoms with E-state index in [1.54, 1.807) is 19.1 Å². The first-order valence-electron chi connectivity index (χ1n) is 8.40. The van der Waals surface area contributed by atoms with E-state index in [0.29, 0.717) is 0 Å². The molecule has 2 aliphatic heterocycles. The average molecular weight is 331 g/mol. The summed E-state index contributed by atoms with van der Waals surface area (Å²) < 4.78 is 5.20. The van der Waals surface area contributed by atoms with Gasteiger partial charge in [0.25, 0.3) is 0 Å². The number of benzene rings is 1. The van der Waals surface area contributed by atoms with Crippen LogP contribution in [0.1, 0.15) is 24.4 Å². The molecule has 2 aliphatic rings. The predicted octanol–water partition coefficient (Wildman–Crippen LogP) is 1.03. The third kappa shape index (κ3) is 2.98. The van der Waals surface area contributed by atoms with Crippen molar-refractivity contribution in [2.45, 2.75) is 24.9 Å². The van der Waals surface area contributed by atoms with Crippen LogP contribution in [0.2, 0.25) is 0 Å². The number of ether oxygens (including phenoxy) is 1. The summed E-state index contributed by atoms with van der Waals surface area (Å²) >= 11 is 0. The molecule has 3 rings (SSSR count). The van der Waals surface area contributed by atoms with Gasteiger partial charge in [-0.25, -0.2) is 0 Å². The van der Waals surface area contributed by atoms with Crippen molar-refractivity contribution in [3.63, 3.8) is 0 Å². The summed E-state index contributed by atoms with van der Waals surface area (Å²) in [5, 5.41) is 3.29. The summed E-state index contributed by atoms with van der Waals surface area (Å²) in [6.45, 7) is 1.76. The number of hydrogen-bond donors (Lipinski definition) is 1. The minimum Gasteiger partial charge on any atom is -0.497 e. The first-order valence-corrected chi connectivity index (χ1v) is 8.40. The minimum absolute atomic E-state index is 0.0205. The Morgan fingerprint density at radius 3 is 2.62 bits per heavy atom. The van der Waals surface area contributed by atoms with Gasteiger partial charge in [-0.3, -0.25) is 9.59 Å². The highest BCUT2D eigenvalue weighted by molar-refractivity contribution is 5.90. The van der Waals surface area contributed by atoms with Gasteiger partial charge in [-0.05, 0) is 30.7 Å². The molecule has 6 heteroatoms. The summed E-state index contributed by atoms with van der Waals surface area (Å²) in [6, 6.07) is 7.63. The van der Waals surface area contributed by atoms with E-state index in [9.17, 15) is 9.59 Å². The highest BCUT2D eigenvalue weighted by Crippen LogP contribution is 2.38. The number of likely N-dealkylation sites (N-methyl/N-ethyl adjacent to an activating group) is 1. The Balaban J connectivity index is 1.84. The fourth-order valence-electron chi connectivity index (χ4n) is 3.76. The number of carbonyl (C=O) groups excluding carboxylic acids is 2. The number of nitrogens with one attached hydrogen (secondary N) is 1. The van der Waals surface area contributed by atoms with Crippen LogP contribution in [0.4, 0.5) is 0 Å². The smallest absolute Gasteiger partial charge is 0.228 e. The average Bonchev–Trinajstić information content (AvgIpc) is 3.23. The molecule has 3 atom stereocenters. The van der Waals surface area contributed by atoms with Gasteiger partial charge < -0.3 is 19.9 Å². The second kappa shape index (κ2) is 6.81. The molecule has 1 aromatic carbocycles. The van der Waals surface area contributed by atoms with Gasteiger partial charge in [0, 0.05) is 33.1 Å². The molecule has 0 saturated carbocycles. The molecule has 2 saturated heterocycles. The fraction of sp³-hybridized carbons (Fsp3) is 0.556. The van der Waals surface area contributed by atoms with Crippen molar-refractivity contribution in [3.8, 4) is 5.75 Å². The van der Waals surface area contributed by atoms with Crippen LogP contribution < -0.4 is 10.1 Å². The lowest BCUT2D eigenvalue weighted by Crippen LogP contribution is -2.43. The normalized spacial score (nSPS) is 26.7. The van der Waals surface area contributed by atoms with Crippen LogP contribution in [0.5, 0.6) is 5.75 Å². The van der Waals surface area contributed by atoms with Crippen molar-refractivity contribution in [3.05, 3.63) is 29.8 Å². The largest absolute Gasteiger partial charge is 0.497 e. The zero-order valence-corrected chi connectivity index (χ0v) is 14.5. The first-order chi connectivity index (χ1) is 11.5.